The van der Waals surface area contributed by atoms with Crippen LogP contribution in [0.2, 0.25) is 5.02 Å². The summed E-state index contributed by atoms with van der Waals surface area (Å²) in [6.07, 6.45) is -1.19. The number of hydrogen-bond donors (Lipinski definition) is 2. The molecule has 1 aliphatic heterocycles. The molecule has 4 rings (SSSR count). The van der Waals surface area contributed by atoms with Crippen LogP contribution in [0.1, 0.15) is 50.0 Å². The Bertz CT molecular complexity index is 1470. The van der Waals surface area contributed by atoms with Crippen LogP contribution in [-0.2, 0) is 21.2 Å². The molecule has 8 nitrogen and oxygen atoms in total. The van der Waals surface area contributed by atoms with E-state index in [1.807, 2.05) is 6.92 Å². The van der Waals surface area contributed by atoms with Crippen molar-refractivity contribution < 1.29 is 28.2 Å². The lowest BCUT2D eigenvalue weighted by Crippen LogP contribution is -2.47. The van der Waals surface area contributed by atoms with Crippen LogP contribution in [0, 0.1) is 6.92 Å². The van der Waals surface area contributed by atoms with Gasteiger partial charge in [-0.1, -0.05) is 41.4 Å². The average molecular weight is 587 g/mol. The second-order valence-corrected chi connectivity index (χ2v) is 13.4. The molecule has 3 aromatic carbocycles. The van der Waals surface area contributed by atoms with Crippen molar-refractivity contribution in [2.75, 3.05) is 17.4 Å². The van der Waals surface area contributed by atoms with E-state index in [2.05, 4.69) is 0 Å². The number of nitrogens with zero attached hydrogens (tertiary/aromatic N) is 2. The highest BCUT2D eigenvalue weighted by Gasteiger charge is 2.36. The lowest BCUT2D eigenvalue weighted by Gasteiger charge is -2.34. The maximum Gasteiger partial charge on any atom is 0.410 e. The summed E-state index contributed by atoms with van der Waals surface area (Å²) in [5.41, 5.74) is 1.67. The van der Waals surface area contributed by atoms with Crippen LogP contribution in [-0.4, -0.2) is 54.4 Å². The van der Waals surface area contributed by atoms with Crippen LogP contribution in [0.25, 0.3) is 0 Å². The summed E-state index contributed by atoms with van der Waals surface area (Å²) < 4.78 is 34.6. The van der Waals surface area contributed by atoms with Crippen molar-refractivity contribution in [3.63, 3.8) is 0 Å². The van der Waals surface area contributed by atoms with Crippen LogP contribution >= 0.6 is 11.6 Å². The maximum absolute atomic E-state index is 13.8. The number of halogens is 1. The van der Waals surface area contributed by atoms with Gasteiger partial charge in [-0.25, -0.2) is 13.2 Å². The predicted molar refractivity (Wildman–Crippen MR) is 155 cm³/mol. The summed E-state index contributed by atoms with van der Waals surface area (Å²) in [5, 5.41) is 21.9. The van der Waals surface area contributed by atoms with E-state index in [4.69, 9.17) is 16.3 Å². The van der Waals surface area contributed by atoms with Gasteiger partial charge in [-0.2, -0.15) is 0 Å². The number of phenols is 1. The van der Waals surface area contributed by atoms with Gasteiger partial charge in [0.1, 0.15) is 11.4 Å². The number of amides is 1. The molecule has 1 amide bonds. The number of anilines is 1. The highest BCUT2D eigenvalue weighted by molar-refractivity contribution is 7.92. The Morgan fingerprint density at radius 1 is 1.12 bits per heavy atom. The summed E-state index contributed by atoms with van der Waals surface area (Å²) in [6, 6.07) is 17.4. The Hall–Kier alpha value is -3.27. The fraction of sp³-hybridized carbons (Fsp3) is 0.367. The van der Waals surface area contributed by atoms with Gasteiger partial charge < -0.3 is 19.8 Å². The summed E-state index contributed by atoms with van der Waals surface area (Å²) in [7, 11) is -3.94. The number of ether oxygens (including phenoxy) is 1. The molecule has 0 aromatic heterocycles. The first-order valence-corrected chi connectivity index (χ1v) is 14.9. The van der Waals surface area contributed by atoms with Crippen molar-refractivity contribution in [3.05, 3.63) is 88.4 Å². The Morgan fingerprint density at radius 3 is 2.48 bits per heavy atom. The number of rotatable bonds is 6. The third kappa shape index (κ3) is 6.89. The smallest absolute Gasteiger partial charge is 0.410 e. The summed E-state index contributed by atoms with van der Waals surface area (Å²) >= 11 is 6.13. The Balaban J connectivity index is 1.72. The van der Waals surface area contributed by atoms with Gasteiger partial charge in [-0.3, -0.25) is 4.31 Å². The molecule has 0 saturated heterocycles. The van der Waals surface area contributed by atoms with Gasteiger partial charge in [-0.05, 0) is 94.1 Å². The standard InChI is InChI=1S/C30H35ClN2O6S/c1-20-8-11-26(12-9-20)40(37,38)33-15-14-24(17-22-18-25(34)10-13-27(22)33)32(29(36)39-30(2,3)4)19-28(35)21-6-5-7-23(31)16-21/h5-13,16,18,24,28,34-35H,14-15,17,19H2,1-4H3/t24?,28-/m0/s1. The monoisotopic (exact) mass is 586 g/mol. The number of phenolic OH excluding ortho intramolecular Hbond substituents is 1. The Kier molecular flexibility index (Phi) is 8.68. The molecule has 0 fully saturated rings. The molecular formula is C30H35ClN2O6S. The topological polar surface area (TPSA) is 107 Å². The van der Waals surface area contributed by atoms with Crippen LogP contribution in [0.5, 0.6) is 5.75 Å². The number of aliphatic hydroxyl groups is 1. The molecule has 0 aliphatic carbocycles. The number of benzene rings is 3. The maximum atomic E-state index is 13.8. The highest BCUT2D eigenvalue weighted by atomic mass is 35.5. The van der Waals surface area contributed by atoms with E-state index < -0.39 is 33.9 Å². The van der Waals surface area contributed by atoms with Gasteiger partial charge in [0.2, 0.25) is 0 Å². The predicted octanol–water partition coefficient (Wildman–Crippen LogP) is 5.83. The third-order valence-corrected chi connectivity index (χ3v) is 8.80. The molecule has 10 heteroatoms. The molecule has 2 N–H and O–H groups in total. The first kappa shape index (κ1) is 29.7. The number of hydrogen-bond acceptors (Lipinski definition) is 6. The molecule has 214 valence electrons. The fourth-order valence-corrected chi connectivity index (χ4v) is 6.49. The van der Waals surface area contributed by atoms with Crippen molar-refractivity contribution >= 4 is 33.4 Å². The van der Waals surface area contributed by atoms with Crippen molar-refractivity contribution in [1.82, 2.24) is 4.90 Å². The molecule has 0 radical (unpaired) electrons. The molecule has 40 heavy (non-hydrogen) atoms. The quantitative estimate of drug-likeness (QED) is 0.376. The van der Waals surface area contributed by atoms with E-state index in [0.717, 1.165) is 5.56 Å². The second kappa shape index (κ2) is 11.7. The lowest BCUT2D eigenvalue weighted by molar-refractivity contribution is 0.00304. The first-order chi connectivity index (χ1) is 18.7. The SMILES string of the molecule is Cc1ccc(S(=O)(=O)N2CCC(N(C[C@H](O)c3cccc(Cl)c3)C(=O)OC(C)(C)C)Cc3cc(O)ccc32)cc1. The molecule has 3 aromatic rings. The summed E-state index contributed by atoms with van der Waals surface area (Å²) in [4.78, 5) is 15.1. The van der Waals surface area contributed by atoms with E-state index in [0.29, 0.717) is 21.8 Å². The highest BCUT2D eigenvalue weighted by Crippen LogP contribution is 2.35. The molecule has 1 aliphatic rings. The zero-order chi connectivity index (χ0) is 29.2. The van der Waals surface area contributed by atoms with Crippen molar-refractivity contribution in [1.29, 1.82) is 0 Å². The zero-order valence-electron chi connectivity index (χ0n) is 23.0. The van der Waals surface area contributed by atoms with Crippen molar-refractivity contribution in [2.45, 2.75) is 63.2 Å². The van der Waals surface area contributed by atoms with Crippen LogP contribution in [0.3, 0.4) is 0 Å². The first-order valence-electron chi connectivity index (χ1n) is 13.1. The van der Waals surface area contributed by atoms with Gasteiger partial charge >= 0.3 is 6.09 Å². The molecule has 0 spiro atoms. The third-order valence-electron chi connectivity index (χ3n) is 6.73. The van der Waals surface area contributed by atoms with E-state index in [1.165, 1.54) is 21.3 Å². The molecule has 1 unspecified atom stereocenters. The lowest BCUT2D eigenvalue weighted by atomic mass is 10.0. The minimum absolute atomic E-state index is 0.0186. The zero-order valence-corrected chi connectivity index (χ0v) is 24.6. The number of fused-ring (bicyclic) bond motifs is 1. The van der Waals surface area contributed by atoms with Crippen LogP contribution in [0.4, 0.5) is 10.5 Å². The molecule has 0 bridgehead atoms. The minimum Gasteiger partial charge on any atom is -0.508 e. The average Bonchev–Trinajstić information content (AvgIpc) is 3.05. The van der Waals surface area contributed by atoms with Crippen molar-refractivity contribution in [3.8, 4) is 5.75 Å². The van der Waals surface area contributed by atoms with Crippen molar-refractivity contribution in [2.24, 2.45) is 0 Å². The molecule has 1 heterocycles. The molecule has 2 atom stereocenters. The number of carbonyl (C=O) groups excluding carboxylic acids is 1. The molecular weight excluding hydrogens is 552 g/mol. The van der Waals surface area contributed by atoms with Crippen LogP contribution < -0.4 is 4.31 Å². The second-order valence-electron chi connectivity index (χ2n) is 11.1. The fourth-order valence-electron chi connectivity index (χ4n) is 4.77. The van der Waals surface area contributed by atoms with Gasteiger partial charge in [0.25, 0.3) is 10.0 Å². The van der Waals surface area contributed by atoms with E-state index in [1.54, 1.807) is 75.4 Å². The number of aryl methyl sites for hydroxylation is 1. The Morgan fingerprint density at radius 2 is 1.82 bits per heavy atom. The number of carbonyl (C=O) groups is 1. The van der Waals surface area contributed by atoms with Gasteiger partial charge in [0.15, 0.2) is 0 Å². The van der Waals surface area contributed by atoms with E-state index >= 15 is 0 Å². The van der Waals surface area contributed by atoms with Gasteiger partial charge in [0, 0.05) is 17.6 Å². The number of aromatic hydroxyl groups is 1. The number of aliphatic hydroxyl groups excluding tert-OH is 1. The summed E-state index contributed by atoms with van der Waals surface area (Å²) in [5.74, 6) is -0.0186. The van der Waals surface area contributed by atoms with E-state index in [9.17, 15) is 23.4 Å². The minimum atomic E-state index is -3.94. The number of sulfonamides is 1. The summed E-state index contributed by atoms with van der Waals surface area (Å²) in [6.45, 7) is 7.13. The van der Waals surface area contributed by atoms with Crippen LogP contribution in [0.15, 0.2) is 71.6 Å². The van der Waals surface area contributed by atoms with Gasteiger partial charge in [0.05, 0.1) is 23.2 Å². The largest absolute Gasteiger partial charge is 0.508 e. The van der Waals surface area contributed by atoms with E-state index in [-0.39, 0.29) is 36.6 Å². The molecule has 0 saturated carbocycles. The normalized spacial score (nSPS) is 16.6. The van der Waals surface area contributed by atoms with Gasteiger partial charge in [-0.15, -0.1) is 0 Å². The Labute approximate surface area is 240 Å².